The van der Waals surface area contributed by atoms with Gasteiger partial charge in [-0.25, -0.2) is 4.98 Å². The van der Waals surface area contributed by atoms with Crippen molar-refractivity contribution in [3.63, 3.8) is 0 Å². The highest BCUT2D eigenvalue weighted by Gasteiger charge is 2.18. The lowest BCUT2D eigenvalue weighted by Crippen LogP contribution is -2.37. The molecule has 0 saturated heterocycles. The predicted molar refractivity (Wildman–Crippen MR) is 96.4 cm³/mol. The monoisotopic (exact) mass is 362 g/mol. The third-order valence-corrected chi connectivity index (χ3v) is 4.40. The van der Waals surface area contributed by atoms with Crippen LogP contribution in [0.5, 0.6) is 0 Å². The summed E-state index contributed by atoms with van der Waals surface area (Å²) in [5, 5.41) is 5.32. The van der Waals surface area contributed by atoms with Gasteiger partial charge >= 0.3 is 5.97 Å². The molecule has 0 fully saturated rings. The van der Waals surface area contributed by atoms with Gasteiger partial charge in [0.05, 0.1) is 18.7 Å². The van der Waals surface area contributed by atoms with Crippen LogP contribution in [0.1, 0.15) is 18.2 Å². The molecular weight excluding hydrogens is 340 g/mol. The number of carbonyl (C=O) groups is 2. The maximum Gasteiger partial charge on any atom is 0.312 e. The maximum atomic E-state index is 12.0. The van der Waals surface area contributed by atoms with Gasteiger partial charge in [0.25, 0.3) is 5.91 Å². The Bertz CT molecular complexity index is 712. The molecule has 0 spiro atoms. The Hall–Kier alpha value is -2.25. The van der Waals surface area contributed by atoms with Crippen LogP contribution in [0.3, 0.4) is 0 Å². The number of amides is 1. The summed E-state index contributed by atoms with van der Waals surface area (Å²) in [4.78, 5) is 28.2. The summed E-state index contributed by atoms with van der Waals surface area (Å²) in [6.45, 7) is 4.36. The summed E-state index contributed by atoms with van der Waals surface area (Å²) in [6.07, 6.45) is -0.808. The molecule has 0 radical (unpaired) electrons. The Balaban J connectivity index is 1.86. The standard InChI is InChI=1S/C18H22N2O4S/c1-12-4-6-14(7-5-12)18-20-15(11-25-18)10-16(21)24-13(2)17(22)19-8-9-23-3/h4-7,11,13H,8-10H2,1-3H3,(H,19,22)/t13-/m1/s1. The minimum atomic E-state index is -0.848. The molecule has 0 aliphatic rings. The number of esters is 1. The predicted octanol–water partition coefficient (Wildman–Crippen LogP) is 2.36. The lowest BCUT2D eigenvalue weighted by atomic mass is 10.2. The highest BCUT2D eigenvalue weighted by atomic mass is 32.1. The highest BCUT2D eigenvalue weighted by molar-refractivity contribution is 7.13. The number of hydrogen-bond acceptors (Lipinski definition) is 6. The van der Waals surface area contributed by atoms with Gasteiger partial charge in [-0.15, -0.1) is 11.3 Å². The molecule has 25 heavy (non-hydrogen) atoms. The lowest BCUT2D eigenvalue weighted by Gasteiger charge is -2.12. The molecule has 0 unspecified atom stereocenters. The molecule has 0 bridgehead atoms. The van der Waals surface area contributed by atoms with Crippen LogP contribution in [0, 0.1) is 6.92 Å². The third kappa shape index (κ3) is 5.95. The zero-order valence-corrected chi connectivity index (χ0v) is 15.4. The van der Waals surface area contributed by atoms with Crippen LogP contribution in [0.25, 0.3) is 10.6 Å². The minimum Gasteiger partial charge on any atom is -0.452 e. The number of benzene rings is 1. The van der Waals surface area contributed by atoms with E-state index in [1.165, 1.54) is 16.9 Å². The van der Waals surface area contributed by atoms with Crippen molar-refractivity contribution in [1.29, 1.82) is 0 Å². The molecule has 1 atom stereocenters. The number of nitrogens with one attached hydrogen (secondary N) is 1. The first-order valence-electron chi connectivity index (χ1n) is 7.97. The number of hydrogen-bond donors (Lipinski definition) is 1. The fraction of sp³-hybridized carbons (Fsp3) is 0.389. The Labute approximate surface area is 151 Å². The van der Waals surface area contributed by atoms with E-state index in [0.717, 1.165) is 10.6 Å². The molecule has 1 heterocycles. The molecule has 1 amide bonds. The highest BCUT2D eigenvalue weighted by Crippen LogP contribution is 2.24. The fourth-order valence-electron chi connectivity index (χ4n) is 2.08. The number of aryl methyl sites for hydroxylation is 1. The average Bonchev–Trinajstić information content (AvgIpc) is 3.03. The van der Waals surface area contributed by atoms with Crippen LogP contribution in [0.15, 0.2) is 29.6 Å². The summed E-state index contributed by atoms with van der Waals surface area (Å²) in [5.41, 5.74) is 2.83. The summed E-state index contributed by atoms with van der Waals surface area (Å²) in [7, 11) is 1.55. The number of methoxy groups -OCH3 is 1. The van der Waals surface area contributed by atoms with Crippen molar-refractivity contribution in [2.24, 2.45) is 0 Å². The number of nitrogens with zero attached hydrogens (tertiary/aromatic N) is 1. The van der Waals surface area contributed by atoms with Gasteiger partial charge in [-0.3, -0.25) is 9.59 Å². The van der Waals surface area contributed by atoms with Gasteiger partial charge in [0.15, 0.2) is 6.10 Å². The smallest absolute Gasteiger partial charge is 0.312 e. The number of rotatable bonds is 8. The van der Waals surface area contributed by atoms with Crippen molar-refractivity contribution in [1.82, 2.24) is 10.3 Å². The van der Waals surface area contributed by atoms with Crippen molar-refractivity contribution in [2.75, 3.05) is 20.3 Å². The average molecular weight is 362 g/mol. The molecule has 1 aromatic carbocycles. The molecule has 2 aromatic rings. The van der Waals surface area contributed by atoms with E-state index in [0.29, 0.717) is 18.8 Å². The number of aromatic nitrogens is 1. The molecule has 134 valence electrons. The second-order valence-corrected chi connectivity index (χ2v) is 6.46. The fourth-order valence-corrected chi connectivity index (χ4v) is 2.90. The molecule has 1 N–H and O–H groups in total. The molecule has 2 rings (SSSR count). The Kier molecular flexibility index (Phi) is 7.09. The summed E-state index contributed by atoms with van der Waals surface area (Å²) in [5.74, 6) is -0.820. The van der Waals surface area contributed by atoms with E-state index in [1.54, 1.807) is 14.0 Å². The molecule has 7 heteroatoms. The van der Waals surface area contributed by atoms with Gasteiger partial charge in [-0.2, -0.15) is 0 Å². The SMILES string of the molecule is COCCNC(=O)[C@@H](C)OC(=O)Cc1csc(-c2ccc(C)cc2)n1. The third-order valence-electron chi connectivity index (χ3n) is 3.46. The van der Waals surface area contributed by atoms with Crippen LogP contribution < -0.4 is 5.32 Å². The lowest BCUT2D eigenvalue weighted by molar-refractivity contribution is -0.154. The Morgan fingerprint density at radius 1 is 1.28 bits per heavy atom. The van der Waals surface area contributed by atoms with Crippen molar-refractivity contribution < 1.29 is 19.1 Å². The van der Waals surface area contributed by atoms with Gasteiger partial charge < -0.3 is 14.8 Å². The number of thiazole rings is 1. The first-order valence-corrected chi connectivity index (χ1v) is 8.85. The normalized spacial score (nSPS) is 11.8. The van der Waals surface area contributed by atoms with E-state index in [2.05, 4.69) is 10.3 Å². The van der Waals surface area contributed by atoms with Crippen molar-refractivity contribution in [3.05, 3.63) is 40.9 Å². The van der Waals surface area contributed by atoms with Crippen LogP contribution >= 0.6 is 11.3 Å². The van der Waals surface area contributed by atoms with E-state index in [9.17, 15) is 9.59 Å². The van der Waals surface area contributed by atoms with E-state index >= 15 is 0 Å². The van der Waals surface area contributed by atoms with Crippen LogP contribution in [-0.4, -0.2) is 43.2 Å². The maximum absolute atomic E-state index is 12.0. The molecular formula is C18H22N2O4S. The van der Waals surface area contributed by atoms with E-state index in [-0.39, 0.29) is 12.3 Å². The molecule has 0 saturated carbocycles. The van der Waals surface area contributed by atoms with Gasteiger partial charge in [0.1, 0.15) is 5.01 Å². The van der Waals surface area contributed by atoms with Gasteiger partial charge in [-0.1, -0.05) is 29.8 Å². The first-order chi connectivity index (χ1) is 12.0. The van der Waals surface area contributed by atoms with Gasteiger partial charge in [0.2, 0.25) is 0 Å². The Morgan fingerprint density at radius 2 is 2.00 bits per heavy atom. The topological polar surface area (TPSA) is 77.5 Å². The van der Waals surface area contributed by atoms with E-state index < -0.39 is 12.1 Å². The van der Waals surface area contributed by atoms with Crippen LogP contribution in [0.2, 0.25) is 0 Å². The molecule has 0 aliphatic heterocycles. The van der Waals surface area contributed by atoms with Crippen molar-refractivity contribution >= 4 is 23.2 Å². The van der Waals surface area contributed by atoms with Crippen molar-refractivity contribution in [3.8, 4) is 10.6 Å². The second-order valence-electron chi connectivity index (χ2n) is 5.60. The van der Waals surface area contributed by atoms with Crippen molar-refractivity contribution in [2.45, 2.75) is 26.4 Å². The van der Waals surface area contributed by atoms with Gasteiger partial charge in [0, 0.05) is 24.6 Å². The van der Waals surface area contributed by atoms with Crippen LogP contribution in [-0.2, 0) is 25.5 Å². The summed E-state index contributed by atoms with van der Waals surface area (Å²) >= 11 is 1.48. The summed E-state index contributed by atoms with van der Waals surface area (Å²) < 4.78 is 10.00. The number of carbonyl (C=O) groups excluding carboxylic acids is 2. The second kappa shape index (κ2) is 9.29. The van der Waals surface area contributed by atoms with Crippen LogP contribution in [0.4, 0.5) is 0 Å². The molecule has 0 aliphatic carbocycles. The Morgan fingerprint density at radius 3 is 2.68 bits per heavy atom. The largest absolute Gasteiger partial charge is 0.452 e. The quantitative estimate of drug-likeness (QED) is 0.576. The van der Waals surface area contributed by atoms with E-state index in [1.807, 2.05) is 36.6 Å². The first kappa shape index (κ1) is 19.1. The van der Waals surface area contributed by atoms with E-state index in [4.69, 9.17) is 9.47 Å². The molecule has 1 aromatic heterocycles. The molecule has 6 nitrogen and oxygen atoms in total. The zero-order valence-electron chi connectivity index (χ0n) is 14.6. The zero-order chi connectivity index (χ0) is 18.2. The number of ether oxygens (including phenoxy) is 2. The summed E-state index contributed by atoms with van der Waals surface area (Å²) in [6, 6.07) is 8.05. The minimum absolute atomic E-state index is 0.0397. The van der Waals surface area contributed by atoms with Gasteiger partial charge in [-0.05, 0) is 13.8 Å².